The maximum atomic E-state index is 5.79. The topological polar surface area (TPSA) is 59.1 Å². The van der Waals surface area contributed by atoms with E-state index in [0.717, 1.165) is 31.9 Å². The minimum Gasteiger partial charge on any atom is -0.329 e. The van der Waals surface area contributed by atoms with Crippen molar-refractivity contribution in [3.8, 4) is 0 Å². The molecule has 1 aromatic rings. The van der Waals surface area contributed by atoms with Gasteiger partial charge in [-0.1, -0.05) is 0 Å². The van der Waals surface area contributed by atoms with Crippen LogP contribution in [0.2, 0.25) is 0 Å². The third-order valence-corrected chi connectivity index (χ3v) is 3.21. The van der Waals surface area contributed by atoms with Crippen LogP contribution in [0.25, 0.3) is 0 Å². The molecule has 0 bridgehead atoms. The highest BCUT2D eigenvalue weighted by atomic mass is 15.3. The minimum atomic E-state index is 0.448. The van der Waals surface area contributed by atoms with Gasteiger partial charge in [0.2, 0.25) is 0 Å². The number of piperazine rings is 1. The van der Waals surface area contributed by atoms with E-state index in [-0.39, 0.29) is 0 Å². The Bertz CT molecular complexity index is 346. The van der Waals surface area contributed by atoms with E-state index >= 15 is 0 Å². The van der Waals surface area contributed by atoms with Crippen molar-refractivity contribution in [3.05, 3.63) is 17.5 Å². The average Bonchev–Trinajstić information content (AvgIpc) is 2.58. The Morgan fingerprint density at radius 3 is 3.06 bits per heavy atom. The molecule has 0 spiro atoms. The Labute approximate surface area is 96.6 Å². The zero-order chi connectivity index (χ0) is 11.5. The molecule has 3 N–H and O–H groups in total. The largest absolute Gasteiger partial charge is 0.329 e. The number of nitrogens with one attached hydrogen (secondary N) is 1. The van der Waals surface area contributed by atoms with E-state index in [2.05, 4.69) is 21.4 Å². The van der Waals surface area contributed by atoms with Gasteiger partial charge in [0.15, 0.2) is 0 Å². The molecule has 2 rings (SSSR count). The lowest BCUT2D eigenvalue weighted by molar-refractivity contribution is 0.154. The second kappa shape index (κ2) is 4.95. The summed E-state index contributed by atoms with van der Waals surface area (Å²) in [5, 5.41) is 7.75. The molecule has 1 aromatic heterocycles. The zero-order valence-electron chi connectivity index (χ0n) is 10.1. The van der Waals surface area contributed by atoms with Gasteiger partial charge in [0.05, 0.1) is 11.4 Å². The normalized spacial score (nSPS) is 22.6. The summed E-state index contributed by atoms with van der Waals surface area (Å²) in [6, 6.07) is 2.60. The van der Waals surface area contributed by atoms with Gasteiger partial charge in [-0.15, -0.1) is 0 Å². The highest BCUT2D eigenvalue weighted by Crippen LogP contribution is 2.10. The number of rotatable bonds is 3. The molecular weight excluding hydrogens is 202 g/mol. The fourth-order valence-corrected chi connectivity index (χ4v) is 2.26. The van der Waals surface area contributed by atoms with Gasteiger partial charge in [0.25, 0.3) is 0 Å². The molecule has 0 aromatic carbocycles. The van der Waals surface area contributed by atoms with Gasteiger partial charge in [-0.2, -0.15) is 5.10 Å². The molecule has 5 nitrogen and oxygen atoms in total. The quantitative estimate of drug-likeness (QED) is 0.722. The molecule has 0 radical (unpaired) electrons. The summed E-state index contributed by atoms with van der Waals surface area (Å²) < 4.78 is 1.96. The number of nitrogens with two attached hydrogens (primary N) is 1. The smallest absolute Gasteiger partial charge is 0.0597 e. The van der Waals surface area contributed by atoms with Gasteiger partial charge >= 0.3 is 0 Å². The molecule has 0 aliphatic carbocycles. The number of hydrogen-bond acceptors (Lipinski definition) is 4. The predicted molar refractivity (Wildman–Crippen MR) is 64.1 cm³/mol. The van der Waals surface area contributed by atoms with Crippen molar-refractivity contribution in [2.75, 3.05) is 26.2 Å². The fourth-order valence-electron chi connectivity index (χ4n) is 2.26. The standard InChI is InChI=1S/C11H21N5/c1-9-5-10(15(2)14-9)8-16-4-3-13-7-11(16)6-12/h5,11,13H,3-4,6-8,12H2,1-2H3. The molecule has 2 heterocycles. The molecule has 1 aliphatic heterocycles. The summed E-state index contributed by atoms with van der Waals surface area (Å²) in [7, 11) is 2.00. The van der Waals surface area contributed by atoms with Gasteiger partial charge < -0.3 is 11.1 Å². The molecule has 1 aliphatic rings. The van der Waals surface area contributed by atoms with E-state index in [1.54, 1.807) is 0 Å². The first-order chi connectivity index (χ1) is 7.70. The highest BCUT2D eigenvalue weighted by Gasteiger charge is 2.21. The van der Waals surface area contributed by atoms with Crippen molar-refractivity contribution in [2.45, 2.75) is 19.5 Å². The van der Waals surface area contributed by atoms with E-state index in [4.69, 9.17) is 5.73 Å². The van der Waals surface area contributed by atoms with Crippen LogP contribution in [-0.4, -0.2) is 46.9 Å². The van der Waals surface area contributed by atoms with Gasteiger partial charge in [-0.25, -0.2) is 0 Å². The first-order valence-electron chi connectivity index (χ1n) is 5.85. The summed E-state index contributed by atoms with van der Waals surface area (Å²) in [4.78, 5) is 2.44. The minimum absolute atomic E-state index is 0.448. The van der Waals surface area contributed by atoms with Crippen molar-refractivity contribution in [3.63, 3.8) is 0 Å². The first kappa shape index (κ1) is 11.6. The number of hydrogen-bond donors (Lipinski definition) is 2. The number of aryl methyl sites for hydroxylation is 2. The third-order valence-electron chi connectivity index (χ3n) is 3.21. The van der Waals surface area contributed by atoms with Crippen LogP contribution in [0.4, 0.5) is 0 Å². The molecule has 1 unspecified atom stereocenters. The van der Waals surface area contributed by atoms with E-state index in [0.29, 0.717) is 12.6 Å². The Morgan fingerprint density at radius 2 is 2.44 bits per heavy atom. The van der Waals surface area contributed by atoms with E-state index < -0.39 is 0 Å². The molecular formula is C11H21N5. The van der Waals surface area contributed by atoms with Crippen LogP contribution in [-0.2, 0) is 13.6 Å². The Hall–Kier alpha value is -0.910. The summed E-state index contributed by atoms with van der Waals surface area (Å²) in [6.07, 6.45) is 0. The molecule has 1 saturated heterocycles. The lowest BCUT2D eigenvalue weighted by Gasteiger charge is -2.35. The van der Waals surface area contributed by atoms with Crippen molar-refractivity contribution in [1.82, 2.24) is 20.0 Å². The maximum absolute atomic E-state index is 5.79. The Kier molecular flexibility index (Phi) is 3.58. The zero-order valence-corrected chi connectivity index (χ0v) is 10.1. The lowest BCUT2D eigenvalue weighted by atomic mass is 10.2. The average molecular weight is 223 g/mol. The van der Waals surface area contributed by atoms with Crippen molar-refractivity contribution >= 4 is 0 Å². The summed E-state index contributed by atoms with van der Waals surface area (Å²) in [5.41, 5.74) is 8.13. The van der Waals surface area contributed by atoms with E-state index in [1.807, 2.05) is 18.7 Å². The van der Waals surface area contributed by atoms with E-state index in [1.165, 1.54) is 5.69 Å². The van der Waals surface area contributed by atoms with Crippen LogP contribution in [0, 0.1) is 6.92 Å². The van der Waals surface area contributed by atoms with Crippen LogP contribution in [0.3, 0.4) is 0 Å². The Morgan fingerprint density at radius 1 is 1.62 bits per heavy atom. The lowest BCUT2D eigenvalue weighted by Crippen LogP contribution is -2.53. The van der Waals surface area contributed by atoms with Gasteiger partial charge in [-0.3, -0.25) is 9.58 Å². The number of aromatic nitrogens is 2. The predicted octanol–water partition coefficient (Wildman–Crippen LogP) is -0.539. The fraction of sp³-hybridized carbons (Fsp3) is 0.727. The van der Waals surface area contributed by atoms with Crippen LogP contribution >= 0.6 is 0 Å². The van der Waals surface area contributed by atoms with Crippen LogP contribution in [0.15, 0.2) is 6.07 Å². The second-order valence-electron chi connectivity index (χ2n) is 4.46. The van der Waals surface area contributed by atoms with E-state index in [9.17, 15) is 0 Å². The van der Waals surface area contributed by atoms with Gasteiger partial charge in [0, 0.05) is 45.8 Å². The molecule has 1 fully saturated rings. The van der Waals surface area contributed by atoms with Crippen molar-refractivity contribution in [2.24, 2.45) is 12.8 Å². The van der Waals surface area contributed by atoms with Crippen molar-refractivity contribution in [1.29, 1.82) is 0 Å². The molecule has 16 heavy (non-hydrogen) atoms. The summed E-state index contributed by atoms with van der Waals surface area (Å²) in [5.74, 6) is 0. The van der Waals surface area contributed by atoms with Crippen LogP contribution in [0.1, 0.15) is 11.4 Å². The highest BCUT2D eigenvalue weighted by molar-refractivity contribution is 5.08. The summed E-state index contributed by atoms with van der Waals surface area (Å²) in [6.45, 7) is 6.79. The second-order valence-corrected chi connectivity index (χ2v) is 4.46. The summed E-state index contributed by atoms with van der Waals surface area (Å²) >= 11 is 0. The van der Waals surface area contributed by atoms with Gasteiger partial charge in [0.1, 0.15) is 0 Å². The number of nitrogens with zero attached hydrogens (tertiary/aromatic N) is 3. The monoisotopic (exact) mass is 223 g/mol. The van der Waals surface area contributed by atoms with Crippen LogP contribution < -0.4 is 11.1 Å². The SMILES string of the molecule is Cc1cc(CN2CCNCC2CN)n(C)n1. The molecule has 5 heteroatoms. The maximum Gasteiger partial charge on any atom is 0.0597 e. The molecule has 90 valence electrons. The van der Waals surface area contributed by atoms with Gasteiger partial charge in [-0.05, 0) is 13.0 Å². The molecule has 1 atom stereocenters. The third kappa shape index (κ3) is 2.42. The molecule has 0 saturated carbocycles. The molecule has 0 amide bonds. The van der Waals surface area contributed by atoms with Crippen molar-refractivity contribution < 1.29 is 0 Å². The van der Waals surface area contributed by atoms with Crippen LogP contribution in [0.5, 0.6) is 0 Å². The first-order valence-corrected chi connectivity index (χ1v) is 5.85. The Balaban J connectivity index is 2.04.